The molecule has 1 rings (SSSR count). The van der Waals surface area contributed by atoms with E-state index in [9.17, 15) is 0 Å². The van der Waals surface area contributed by atoms with E-state index in [0.29, 0.717) is 12.4 Å². The van der Waals surface area contributed by atoms with Gasteiger partial charge in [0.1, 0.15) is 0 Å². The molecule has 138 valence electrons. The average Bonchev–Trinajstić information content (AvgIpc) is 2.58. The monoisotopic (exact) mass is 451 g/mol. The van der Waals surface area contributed by atoms with E-state index in [1.807, 2.05) is 25.1 Å². The molecule has 0 unspecified atom stereocenters. The number of guanidine groups is 1. The number of benzene rings is 1. The molecule has 0 saturated heterocycles. The van der Waals surface area contributed by atoms with Crippen LogP contribution in [0, 0.1) is 0 Å². The average molecular weight is 451 g/mol. The molecule has 0 amide bonds. The minimum Gasteiger partial charge on any atom is -0.493 e. The van der Waals surface area contributed by atoms with Gasteiger partial charge >= 0.3 is 0 Å². The zero-order valence-electron chi connectivity index (χ0n) is 15.1. The molecule has 0 saturated carbocycles. The zero-order valence-corrected chi connectivity index (χ0v) is 17.4. The highest BCUT2D eigenvalue weighted by Gasteiger charge is 2.06. The summed E-state index contributed by atoms with van der Waals surface area (Å²) >= 11 is 0. The maximum absolute atomic E-state index is 5.52. The summed E-state index contributed by atoms with van der Waals surface area (Å²) in [7, 11) is 5.12. The highest BCUT2D eigenvalue weighted by Crippen LogP contribution is 2.30. The van der Waals surface area contributed by atoms with Crippen LogP contribution in [0.3, 0.4) is 0 Å². The van der Waals surface area contributed by atoms with Crippen molar-refractivity contribution in [2.24, 2.45) is 4.99 Å². The predicted molar refractivity (Wildman–Crippen MR) is 110 cm³/mol. The van der Waals surface area contributed by atoms with Crippen LogP contribution < -0.4 is 20.1 Å². The van der Waals surface area contributed by atoms with Crippen LogP contribution in [0.4, 0.5) is 5.69 Å². The lowest BCUT2D eigenvalue weighted by Crippen LogP contribution is -2.31. The Bertz CT molecular complexity index is 484. The molecular weight excluding hydrogens is 421 g/mol. The van der Waals surface area contributed by atoms with Gasteiger partial charge in [-0.2, -0.15) is 0 Å². The molecule has 0 fully saturated rings. The van der Waals surface area contributed by atoms with Gasteiger partial charge < -0.3 is 24.8 Å². The van der Waals surface area contributed by atoms with Crippen molar-refractivity contribution in [1.82, 2.24) is 5.32 Å². The molecule has 0 radical (unpaired) electrons. The topological polar surface area (TPSA) is 64.1 Å². The lowest BCUT2D eigenvalue weighted by atomic mass is 10.2. The maximum atomic E-state index is 5.52. The summed E-state index contributed by atoms with van der Waals surface area (Å²) < 4.78 is 15.9. The van der Waals surface area contributed by atoms with Gasteiger partial charge in [0.25, 0.3) is 0 Å². The smallest absolute Gasteiger partial charge is 0.195 e. The van der Waals surface area contributed by atoms with Crippen LogP contribution in [-0.2, 0) is 4.74 Å². The van der Waals surface area contributed by atoms with Crippen molar-refractivity contribution in [3.8, 4) is 11.5 Å². The molecule has 24 heavy (non-hydrogen) atoms. The molecule has 0 spiro atoms. The van der Waals surface area contributed by atoms with Crippen molar-refractivity contribution in [3.63, 3.8) is 0 Å². The summed E-state index contributed by atoms with van der Waals surface area (Å²) in [6.45, 7) is 4.25. The fraction of sp³-hybridized carbons (Fsp3) is 0.588. The molecule has 0 atom stereocenters. The highest BCUT2D eigenvalue weighted by molar-refractivity contribution is 14.0. The molecule has 1 aromatic carbocycles. The standard InChI is InChI=1S/C17H29N3O3.HI/c1-5-23-15-10-9-14(13-16(15)22-4)20-17(18-2)19-11-7-6-8-12-21-3;/h9-10,13H,5-8,11-12H2,1-4H3,(H2,18,19,20);1H. The van der Waals surface area contributed by atoms with Gasteiger partial charge in [0.05, 0.1) is 13.7 Å². The van der Waals surface area contributed by atoms with E-state index in [4.69, 9.17) is 14.2 Å². The Labute approximate surface area is 162 Å². The summed E-state index contributed by atoms with van der Waals surface area (Å²) in [5.41, 5.74) is 0.901. The van der Waals surface area contributed by atoms with E-state index in [1.54, 1.807) is 21.3 Å². The minimum absolute atomic E-state index is 0. The number of methoxy groups -OCH3 is 2. The van der Waals surface area contributed by atoms with Crippen LogP contribution in [0.1, 0.15) is 26.2 Å². The van der Waals surface area contributed by atoms with Gasteiger partial charge in [0, 0.05) is 39.1 Å². The van der Waals surface area contributed by atoms with Crippen LogP contribution in [0.5, 0.6) is 11.5 Å². The van der Waals surface area contributed by atoms with Crippen molar-refractivity contribution in [2.45, 2.75) is 26.2 Å². The van der Waals surface area contributed by atoms with E-state index >= 15 is 0 Å². The Hall–Kier alpha value is -1.22. The van der Waals surface area contributed by atoms with Crippen molar-refractivity contribution in [2.75, 3.05) is 46.3 Å². The molecule has 0 aliphatic carbocycles. The summed E-state index contributed by atoms with van der Waals surface area (Å²) in [5.74, 6) is 2.18. The molecule has 0 aliphatic rings. The molecule has 1 aromatic rings. The van der Waals surface area contributed by atoms with Crippen molar-refractivity contribution >= 4 is 35.6 Å². The lowest BCUT2D eigenvalue weighted by molar-refractivity contribution is 0.192. The van der Waals surface area contributed by atoms with Crippen LogP contribution in [-0.4, -0.2) is 47.0 Å². The van der Waals surface area contributed by atoms with Gasteiger partial charge in [0.2, 0.25) is 0 Å². The van der Waals surface area contributed by atoms with Crippen LogP contribution in [0.15, 0.2) is 23.2 Å². The molecule has 6 nitrogen and oxygen atoms in total. The number of nitrogens with zero attached hydrogens (tertiary/aromatic N) is 1. The van der Waals surface area contributed by atoms with Gasteiger partial charge in [-0.3, -0.25) is 4.99 Å². The first-order valence-corrected chi connectivity index (χ1v) is 8.02. The molecule has 2 N–H and O–H groups in total. The number of nitrogens with one attached hydrogen (secondary N) is 2. The summed E-state index contributed by atoms with van der Waals surface area (Å²) in [6, 6.07) is 5.73. The van der Waals surface area contributed by atoms with Crippen LogP contribution in [0.2, 0.25) is 0 Å². The van der Waals surface area contributed by atoms with Crippen molar-refractivity contribution in [1.29, 1.82) is 0 Å². The number of ether oxygens (including phenoxy) is 3. The van der Waals surface area contributed by atoms with Crippen LogP contribution in [0.25, 0.3) is 0 Å². The van der Waals surface area contributed by atoms with E-state index in [0.717, 1.165) is 49.8 Å². The fourth-order valence-corrected chi connectivity index (χ4v) is 2.09. The highest BCUT2D eigenvalue weighted by atomic mass is 127. The first kappa shape index (κ1) is 22.8. The third-order valence-corrected chi connectivity index (χ3v) is 3.27. The second-order valence-corrected chi connectivity index (χ2v) is 4.98. The quantitative estimate of drug-likeness (QED) is 0.247. The second kappa shape index (κ2) is 14.2. The Kier molecular flexibility index (Phi) is 13.4. The minimum atomic E-state index is 0. The Morgan fingerprint density at radius 3 is 2.54 bits per heavy atom. The maximum Gasteiger partial charge on any atom is 0.195 e. The number of unbranched alkanes of at least 4 members (excludes halogenated alkanes) is 2. The molecule has 0 aromatic heterocycles. The van der Waals surface area contributed by atoms with Gasteiger partial charge in [-0.25, -0.2) is 0 Å². The van der Waals surface area contributed by atoms with E-state index in [-0.39, 0.29) is 24.0 Å². The fourth-order valence-electron chi connectivity index (χ4n) is 2.09. The summed E-state index contributed by atoms with van der Waals surface area (Å²) in [5, 5.41) is 6.55. The van der Waals surface area contributed by atoms with Gasteiger partial charge in [0.15, 0.2) is 17.5 Å². The van der Waals surface area contributed by atoms with Crippen molar-refractivity contribution in [3.05, 3.63) is 18.2 Å². The number of rotatable bonds is 10. The molecule has 7 heteroatoms. The normalized spacial score (nSPS) is 10.8. The number of anilines is 1. The predicted octanol–water partition coefficient (Wildman–Crippen LogP) is 3.52. The number of aliphatic imine (C=N–C) groups is 1. The SMILES string of the molecule is CCOc1ccc(NC(=NC)NCCCCCOC)cc1OC.I. The van der Waals surface area contributed by atoms with Crippen molar-refractivity contribution < 1.29 is 14.2 Å². The lowest BCUT2D eigenvalue weighted by Gasteiger charge is -2.14. The second-order valence-electron chi connectivity index (χ2n) is 4.98. The third kappa shape index (κ3) is 8.58. The zero-order chi connectivity index (χ0) is 16.9. The first-order chi connectivity index (χ1) is 11.2. The van der Waals surface area contributed by atoms with Gasteiger partial charge in [-0.05, 0) is 38.3 Å². The molecule has 0 bridgehead atoms. The molecule has 0 aliphatic heterocycles. The van der Waals surface area contributed by atoms with E-state index in [2.05, 4.69) is 15.6 Å². The molecule has 0 heterocycles. The first-order valence-electron chi connectivity index (χ1n) is 8.02. The number of hydrogen-bond donors (Lipinski definition) is 2. The number of halogens is 1. The van der Waals surface area contributed by atoms with Gasteiger partial charge in [-0.1, -0.05) is 0 Å². The van der Waals surface area contributed by atoms with Gasteiger partial charge in [-0.15, -0.1) is 24.0 Å². The molecular formula is C17H30IN3O3. The Balaban J connectivity index is 0.00000529. The summed E-state index contributed by atoms with van der Waals surface area (Å²) in [4.78, 5) is 4.23. The van der Waals surface area contributed by atoms with Crippen LogP contribution >= 0.6 is 24.0 Å². The van der Waals surface area contributed by atoms with E-state index < -0.39 is 0 Å². The largest absolute Gasteiger partial charge is 0.493 e. The summed E-state index contributed by atoms with van der Waals surface area (Å²) in [6.07, 6.45) is 3.30. The Morgan fingerprint density at radius 1 is 1.12 bits per heavy atom. The number of hydrogen-bond acceptors (Lipinski definition) is 4. The van der Waals surface area contributed by atoms with E-state index in [1.165, 1.54) is 0 Å². The third-order valence-electron chi connectivity index (χ3n) is 3.27. The Morgan fingerprint density at radius 2 is 1.92 bits per heavy atom.